The summed E-state index contributed by atoms with van der Waals surface area (Å²) in [6.45, 7) is 1.73. The fourth-order valence-corrected chi connectivity index (χ4v) is 1.25. The summed E-state index contributed by atoms with van der Waals surface area (Å²) >= 11 is 0. The van der Waals surface area contributed by atoms with Crippen LogP contribution in [-0.4, -0.2) is 24.3 Å². The summed E-state index contributed by atoms with van der Waals surface area (Å²) in [7, 11) is 1.49. The van der Waals surface area contributed by atoms with Crippen molar-refractivity contribution in [1.82, 2.24) is 0 Å². The van der Waals surface area contributed by atoms with Gasteiger partial charge in [-0.15, -0.1) is 0 Å². The minimum absolute atomic E-state index is 0.344. The van der Waals surface area contributed by atoms with E-state index in [1.165, 1.54) is 7.11 Å². The van der Waals surface area contributed by atoms with Gasteiger partial charge in [0.15, 0.2) is 17.6 Å². The molecule has 0 saturated carbocycles. The van der Waals surface area contributed by atoms with Crippen LogP contribution in [0.4, 0.5) is 5.69 Å². The van der Waals surface area contributed by atoms with Gasteiger partial charge in [-0.2, -0.15) is 0 Å². The number of carboxylic acids is 1. The van der Waals surface area contributed by atoms with Crippen LogP contribution in [0.25, 0.3) is 0 Å². The van der Waals surface area contributed by atoms with Crippen molar-refractivity contribution in [2.45, 2.75) is 19.4 Å². The smallest absolute Gasteiger partial charge is 0.344 e. The van der Waals surface area contributed by atoms with Gasteiger partial charge in [0.1, 0.15) is 0 Å². The predicted octanol–water partition coefficient (Wildman–Crippen LogP) is 1.52. The first-order valence-corrected chi connectivity index (χ1v) is 4.91. The van der Waals surface area contributed by atoms with Crippen LogP contribution in [-0.2, 0) is 4.79 Å². The van der Waals surface area contributed by atoms with Gasteiger partial charge in [-0.3, -0.25) is 0 Å². The first-order valence-electron chi connectivity index (χ1n) is 4.91. The molecule has 0 radical (unpaired) electrons. The van der Waals surface area contributed by atoms with Crippen LogP contribution in [0.3, 0.4) is 0 Å². The molecule has 0 aromatic heterocycles. The highest BCUT2D eigenvalue weighted by molar-refractivity contribution is 5.73. The molecule has 0 aliphatic rings. The number of nitrogen functional groups attached to an aromatic ring is 1. The third-order valence-electron chi connectivity index (χ3n) is 2.10. The molecule has 5 heteroatoms. The largest absolute Gasteiger partial charge is 0.493 e. The molecule has 5 nitrogen and oxygen atoms in total. The maximum Gasteiger partial charge on any atom is 0.344 e. The Morgan fingerprint density at radius 2 is 2.19 bits per heavy atom. The fourth-order valence-electron chi connectivity index (χ4n) is 1.25. The van der Waals surface area contributed by atoms with Crippen LogP contribution < -0.4 is 15.2 Å². The summed E-state index contributed by atoms with van der Waals surface area (Å²) in [5, 5.41) is 8.87. The van der Waals surface area contributed by atoms with Crippen molar-refractivity contribution < 1.29 is 19.4 Å². The maximum atomic E-state index is 10.8. The molecule has 3 N–H and O–H groups in total. The van der Waals surface area contributed by atoms with E-state index >= 15 is 0 Å². The average Bonchev–Trinajstić information content (AvgIpc) is 2.25. The van der Waals surface area contributed by atoms with E-state index in [1.807, 2.05) is 0 Å². The monoisotopic (exact) mass is 225 g/mol. The Balaban J connectivity index is 2.93. The molecule has 0 heterocycles. The molecule has 1 atom stereocenters. The number of hydrogen-bond donors (Lipinski definition) is 2. The van der Waals surface area contributed by atoms with Gasteiger partial charge in [0.25, 0.3) is 0 Å². The highest BCUT2D eigenvalue weighted by Crippen LogP contribution is 2.30. The Bertz CT molecular complexity index is 378. The molecule has 0 aliphatic heterocycles. The van der Waals surface area contributed by atoms with Gasteiger partial charge >= 0.3 is 5.97 Å². The van der Waals surface area contributed by atoms with Crippen molar-refractivity contribution in [3.05, 3.63) is 18.2 Å². The standard InChI is InChI=1S/C11H15NO4/c1-3-8(11(13)14)16-10-6-7(12)4-5-9(10)15-2/h4-6,8H,3,12H2,1-2H3,(H,13,14). The number of rotatable bonds is 5. The molecular formula is C11H15NO4. The van der Waals surface area contributed by atoms with Gasteiger partial charge in [0.2, 0.25) is 0 Å². The van der Waals surface area contributed by atoms with E-state index < -0.39 is 12.1 Å². The molecule has 1 aromatic carbocycles. The number of methoxy groups -OCH3 is 1. The number of anilines is 1. The number of carboxylic acid groups (broad SMARTS) is 1. The Labute approximate surface area is 93.8 Å². The van der Waals surface area contributed by atoms with E-state index in [-0.39, 0.29) is 0 Å². The Kier molecular flexibility index (Phi) is 3.99. The quantitative estimate of drug-likeness (QED) is 0.742. The predicted molar refractivity (Wildman–Crippen MR) is 59.7 cm³/mol. The van der Waals surface area contributed by atoms with E-state index in [0.29, 0.717) is 23.6 Å². The number of carbonyl (C=O) groups is 1. The molecule has 1 aromatic rings. The summed E-state index contributed by atoms with van der Waals surface area (Å²) in [5.41, 5.74) is 6.09. The molecule has 0 fully saturated rings. The lowest BCUT2D eigenvalue weighted by Gasteiger charge is -2.15. The van der Waals surface area contributed by atoms with Crippen molar-refractivity contribution in [3.8, 4) is 11.5 Å². The van der Waals surface area contributed by atoms with Gasteiger partial charge in [0, 0.05) is 11.8 Å². The second-order valence-corrected chi connectivity index (χ2v) is 3.26. The topological polar surface area (TPSA) is 81.8 Å². The first-order chi connectivity index (χ1) is 7.58. The van der Waals surface area contributed by atoms with E-state index in [9.17, 15) is 4.79 Å². The second kappa shape index (κ2) is 5.25. The number of aliphatic carboxylic acids is 1. The second-order valence-electron chi connectivity index (χ2n) is 3.26. The molecule has 16 heavy (non-hydrogen) atoms. The molecular weight excluding hydrogens is 210 g/mol. The number of nitrogens with two attached hydrogens (primary N) is 1. The normalized spacial score (nSPS) is 11.9. The molecule has 0 saturated heterocycles. The summed E-state index contributed by atoms with van der Waals surface area (Å²) in [4.78, 5) is 10.8. The SMILES string of the molecule is CCC(Oc1cc(N)ccc1OC)C(=O)O. The summed E-state index contributed by atoms with van der Waals surface area (Å²) in [6.07, 6.45) is -0.525. The van der Waals surface area contributed by atoms with Gasteiger partial charge in [-0.1, -0.05) is 6.92 Å². The summed E-state index contributed by atoms with van der Waals surface area (Å²) in [6, 6.07) is 4.84. The molecule has 0 amide bonds. The Morgan fingerprint density at radius 1 is 1.50 bits per heavy atom. The molecule has 0 aliphatic carbocycles. The highest BCUT2D eigenvalue weighted by Gasteiger charge is 2.18. The van der Waals surface area contributed by atoms with E-state index in [1.54, 1.807) is 25.1 Å². The van der Waals surface area contributed by atoms with Gasteiger partial charge in [-0.25, -0.2) is 4.79 Å². The Morgan fingerprint density at radius 3 is 2.69 bits per heavy atom. The number of benzene rings is 1. The van der Waals surface area contributed by atoms with Crippen LogP contribution in [0.2, 0.25) is 0 Å². The van der Waals surface area contributed by atoms with Crippen molar-refractivity contribution in [2.75, 3.05) is 12.8 Å². The maximum absolute atomic E-state index is 10.8. The molecule has 0 spiro atoms. The average molecular weight is 225 g/mol. The van der Waals surface area contributed by atoms with Crippen LogP contribution >= 0.6 is 0 Å². The third kappa shape index (κ3) is 2.79. The van der Waals surface area contributed by atoms with E-state index in [0.717, 1.165) is 0 Å². The number of ether oxygens (including phenoxy) is 2. The fraction of sp³-hybridized carbons (Fsp3) is 0.364. The van der Waals surface area contributed by atoms with Crippen molar-refractivity contribution in [2.24, 2.45) is 0 Å². The van der Waals surface area contributed by atoms with Crippen LogP contribution in [0.5, 0.6) is 11.5 Å². The lowest BCUT2D eigenvalue weighted by Crippen LogP contribution is -2.26. The van der Waals surface area contributed by atoms with E-state index in [2.05, 4.69) is 0 Å². The van der Waals surface area contributed by atoms with Crippen LogP contribution in [0, 0.1) is 0 Å². The van der Waals surface area contributed by atoms with Crippen LogP contribution in [0.1, 0.15) is 13.3 Å². The lowest BCUT2D eigenvalue weighted by molar-refractivity contribution is -0.145. The minimum Gasteiger partial charge on any atom is -0.493 e. The van der Waals surface area contributed by atoms with Gasteiger partial charge in [-0.05, 0) is 18.6 Å². The summed E-state index contributed by atoms with van der Waals surface area (Å²) < 4.78 is 10.4. The van der Waals surface area contributed by atoms with Crippen LogP contribution in [0.15, 0.2) is 18.2 Å². The lowest BCUT2D eigenvalue weighted by atomic mass is 10.2. The molecule has 0 bridgehead atoms. The van der Waals surface area contributed by atoms with Gasteiger partial charge in [0.05, 0.1) is 7.11 Å². The molecule has 1 rings (SSSR count). The van der Waals surface area contributed by atoms with E-state index in [4.69, 9.17) is 20.3 Å². The summed E-state index contributed by atoms with van der Waals surface area (Å²) in [5.74, 6) is -0.197. The zero-order chi connectivity index (χ0) is 12.1. The Hall–Kier alpha value is -1.91. The first kappa shape index (κ1) is 12.2. The van der Waals surface area contributed by atoms with Crippen molar-refractivity contribution >= 4 is 11.7 Å². The zero-order valence-electron chi connectivity index (χ0n) is 9.27. The third-order valence-corrected chi connectivity index (χ3v) is 2.10. The minimum atomic E-state index is -1.01. The van der Waals surface area contributed by atoms with Gasteiger partial charge < -0.3 is 20.3 Å². The van der Waals surface area contributed by atoms with Crippen molar-refractivity contribution in [3.63, 3.8) is 0 Å². The zero-order valence-corrected chi connectivity index (χ0v) is 9.27. The van der Waals surface area contributed by atoms with Crippen molar-refractivity contribution in [1.29, 1.82) is 0 Å². The highest BCUT2D eigenvalue weighted by atomic mass is 16.5. The molecule has 88 valence electrons. The number of hydrogen-bond acceptors (Lipinski definition) is 4. The molecule has 1 unspecified atom stereocenters.